The van der Waals surface area contributed by atoms with E-state index in [9.17, 15) is 4.79 Å². The van der Waals surface area contributed by atoms with Gasteiger partial charge in [0.1, 0.15) is 11.9 Å². The van der Waals surface area contributed by atoms with Crippen LogP contribution in [-0.4, -0.2) is 49.6 Å². The molecule has 2 heterocycles. The highest BCUT2D eigenvalue weighted by Gasteiger charge is 2.21. The quantitative estimate of drug-likeness (QED) is 0.830. The van der Waals surface area contributed by atoms with Crippen LogP contribution in [0.1, 0.15) is 32.1 Å². The first-order chi connectivity index (χ1) is 11.2. The van der Waals surface area contributed by atoms with E-state index in [1.807, 2.05) is 24.3 Å². The van der Waals surface area contributed by atoms with Crippen LogP contribution in [0.4, 0.5) is 5.69 Å². The zero-order valence-corrected chi connectivity index (χ0v) is 16.3. The molecule has 5 nitrogen and oxygen atoms in total. The van der Waals surface area contributed by atoms with Crippen LogP contribution in [0.25, 0.3) is 0 Å². The lowest BCUT2D eigenvalue weighted by Gasteiger charge is -2.29. The van der Waals surface area contributed by atoms with E-state index < -0.39 is 0 Å². The number of ether oxygens (including phenoxy) is 1. The number of anilines is 1. The molecule has 2 saturated heterocycles. The van der Waals surface area contributed by atoms with Gasteiger partial charge in [-0.1, -0.05) is 6.42 Å². The lowest BCUT2D eigenvalue weighted by Crippen LogP contribution is -2.43. The fourth-order valence-electron chi connectivity index (χ4n) is 3.22. The molecule has 7 heteroatoms. The Morgan fingerprint density at radius 1 is 1.12 bits per heavy atom. The Morgan fingerprint density at radius 3 is 2.40 bits per heavy atom. The summed E-state index contributed by atoms with van der Waals surface area (Å²) < 4.78 is 6.03. The van der Waals surface area contributed by atoms with Crippen molar-refractivity contribution in [3.8, 4) is 5.75 Å². The highest BCUT2D eigenvalue weighted by molar-refractivity contribution is 5.94. The first-order valence-electron chi connectivity index (χ1n) is 8.70. The first-order valence-corrected chi connectivity index (χ1v) is 8.70. The van der Waals surface area contributed by atoms with Crippen molar-refractivity contribution in [2.75, 3.05) is 32.0 Å². The summed E-state index contributed by atoms with van der Waals surface area (Å²) in [5.41, 5.74) is 0.832. The van der Waals surface area contributed by atoms with Crippen LogP contribution in [0, 0.1) is 0 Å². The largest absolute Gasteiger partial charge is 0.490 e. The van der Waals surface area contributed by atoms with Gasteiger partial charge in [0.25, 0.3) is 0 Å². The molecule has 2 aliphatic heterocycles. The maximum absolute atomic E-state index is 12.2. The van der Waals surface area contributed by atoms with Crippen molar-refractivity contribution in [3.05, 3.63) is 24.3 Å². The van der Waals surface area contributed by atoms with Crippen molar-refractivity contribution < 1.29 is 9.53 Å². The number of likely N-dealkylation sites (tertiary alicyclic amines) is 1. The van der Waals surface area contributed by atoms with Gasteiger partial charge in [-0.15, -0.1) is 24.8 Å². The molecule has 142 valence electrons. The number of amides is 1. The van der Waals surface area contributed by atoms with Crippen LogP contribution < -0.4 is 15.4 Å². The fourth-order valence-corrected chi connectivity index (χ4v) is 3.22. The lowest BCUT2D eigenvalue weighted by atomic mass is 10.0. The monoisotopic (exact) mass is 389 g/mol. The molecule has 3 rings (SSSR count). The molecule has 0 saturated carbocycles. The summed E-state index contributed by atoms with van der Waals surface area (Å²) in [4.78, 5) is 14.5. The topological polar surface area (TPSA) is 53.6 Å². The number of carbonyl (C=O) groups is 1. The molecular weight excluding hydrogens is 361 g/mol. The van der Waals surface area contributed by atoms with E-state index in [1.54, 1.807) is 0 Å². The number of hydrogen-bond acceptors (Lipinski definition) is 4. The normalized spacial score (nSPS) is 21.6. The Balaban J connectivity index is 0.00000156. The third kappa shape index (κ3) is 6.66. The van der Waals surface area contributed by atoms with Gasteiger partial charge in [-0.2, -0.15) is 0 Å². The summed E-state index contributed by atoms with van der Waals surface area (Å²) in [6.07, 6.45) is 5.65. The predicted molar refractivity (Wildman–Crippen MR) is 106 cm³/mol. The molecule has 2 aliphatic rings. The van der Waals surface area contributed by atoms with Crippen molar-refractivity contribution in [3.63, 3.8) is 0 Å². The van der Waals surface area contributed by atoms with E-state index in [0.29, 0.717) is 6.10 Å². The van der Waals surface area contributed by atoms with Gasteiger partial charge < -0.3 is 20.3 Å². The molecule has 2 fully saturated rings. The second kappa shape index (κ2) is 10.9. The van der Waals surface area contributed by atoms with Crippen LogP contribution in [-0.2, 0) is 4.79 Å². The average Bonchev–Trinajstić information content (AvgIpc) is 2.59. The summed E-state index contributed by atoms with van der Waals surface area (Å²) in [7, 11) is 2.15. The summed E-state index contributed by atoms with van der Waals surface area (Å²) in [6.45, 7) is 3.11. The molecule has 0 aliphatic carbocycles. The minimum atomic E-state index is -0.0566. The van der Waals surface area contributed by atoms with Crippen LogP contribution in [0.3, 0.4) is 0 Å². The van der Waals surface area contributed by atoms with Gasteiger partial charge >= 0.3 is 0 Å². The minimum absolute atomic E-state index is 0. The van der Waals surface area contributed by atoms with Crippen LogP contribution in [0.15, 0.2) is 24.3 Å². The van der Waals surface area contributed by atoms with Crippen LogP contribution in [0.2, 0.25) is 0 Å². The summed E-state index contributed by atoms with van der Waals surface area (Å²) in [6, 6.07) is 7.68. The minimum Gasteiger partial charge on any atom is -0.490 e. The molecule has 1 aromatic carbocycles. The molecule has 0 spiro atoms. The molecule has 0 unspecified atom stereocenters. The van der Waals surface area contributed by atoms with Crippen molar-refractivity contribution in [1.29, 1.82) is 0 Å². The number of benzene rings is 1. The molecule has 25 heavy (non-hydrogen) atoms. The van der Waals surface area contributed by atoms with Crippen LogP contribution >= 0.6 is 24.8 Å². The zero-order chi connectivity index (χ0) is 16.1. The second-order valence-electron chi connectivity index (χ2n) is 6.64. The Kier molecular flexibility index (Phi) is 9.57. The highest BCUT2D eigenvalue weighted by atomic mass is 35.5. The van der Waals surface area contributed by atoms with Crippen molar-refractivity contribution in [2.24, 2.45) is 0 Å². The number of rotatable bonds is 4. The van der Waals surface area contributed by atoms with E-state index in [1.165, 1.54) is 0 Å². The second-order valence-corrected chi connectivity index (χ2v) is 6.64. The van der Waals surface area contributed by atoms with E-state index in [2.05, 4.69) is 22.6 Å². The van der Waals surface area contributed by atoms with Gasteiger partial charge in [-0.05, 0) is 63.5 Å². The van der Waals surface area contributed by atoms with Gasteiger partial charge in [-0.25, -0.2) is 0 Å². The Morgan fingerprint density at radius 2 is 1.80 bits per heavy atom. The Hall–Kier alpha value is -1.01. The number of piperidine rings is 2. The van der Waals surface area contributed by atoms with E-state index in [0.717, 1.165) is 63.2 Å². The van der Waals surface area contributed by atoms with Crippen molar-refractivity contribution in [2.45, 2.75) is 44.2 Å². The molecule has 0 bridgehead atoms. The Bertz CT molecular complexity index is 514. The van der Waals surface area contributed by atoms with Gasteiger partial charge in [0, 0.05) is 18.8 Å². The molecule has 0 aromatic heterocycles. The van der Waals surface area contributed by atoms with E-state index in [4.69, 9.17) is 4.74 Å². The standard InChI is InChI=1S/C18H27N3O2.2ClH/c1-21-12-9-16(10-13-21)23-15-7-5-14(6-8-15)20-18(22)17-4-2-3-11-19-17;;/h5-8,16-17,19H,2-4,9-13H2,1H3,(H,20,22);2*1H/t17-;;/m1../s1. The molecule has 1 amide bonds. The SMILES string of the molecule is CN1CCC(Oc2ccc(NC(=O)[C@H]3CCCCN3)cc2)CC1.Cl.Cl. The predicted octanol–water partition coefficient (Wildman–Crippen LogP) is 3.08. The molecular formula is C18H29Cl2N3O2. The number of nitrogens with zero attached hydrogens (tertiary/aromatic N) is 1. The highest BCUT2D eigenvalue weighted by Crippen LogP contribution is 2.21. The van der Waals surface area contributed by atoms with Gasteiger partial charge in [0.2, 0.25) is 5.91 Å². The zero-order valence-electron chi connectivity index (χ0n) is 14.7. The van der Waals surface area contributed by atoms with E-state index >= 15 is 0 Å². The maximum Gasteiger partial charge on any atom is 0.241 e. The smallest absolute Gasteiger partial charge is 0.241 e. The summed E-state index contributed by atoms with van der Waals surface area (Å²) in [5.74, 6) is 0.946. The molecule has 2 N–H and O–H groups in total. The van der Waals surface area contributed by atoms with Gasteiger partial charge in [0.15, 0.2) is 0 Å². The van der Waals surface area contributed by atoms with Gasteiger partial charge in [-0.3, -0.25) is 4.79 Å². The number of halogens is 2. The average molecular weight is 390 g/mol. The summed E-state index contributed by atoms with van der Waals surface area (Å²) >= 11 is 0. The number of hydrogen-bond donors (Lipinski definition) is 2. The van der Waals surface area contributed by atoms with Gasteiger partial charge in [0.05, 0.1) is 6.04 Å². The summed E-state index contributed by atoms with van der Waals surface area (Å²) in [5, 5.41) is 6.25. The third-order valence-corrected chi connectivity index (χ3v) is 4.72. The number of nitrogens with one attached hydrogen (secondary N) is 2. The lowest BCUT2D eigenvalue weighted by molar-refractivity contribution is -0.118. The molecule has 1 atom stereocenters. The molecule has 1 aromatic rings. The Labute approximate surface area is 162 Å². The van der Waals surface area contributed by atoms with Crippen molar-refractivity contribution in [1.82, 2.24) is 10.2 Å². The van der Waals surface area contributed by atoms with Crippen LogP contribution in [0.5, 0.6) is 5.75 Å². The van der Waals surface area contributed by atoms with E-state index in [-0.39, 0.29) is 36.8 Å². The maximum atomic E-state index is 12.2. The number of carbonyl (C=O) groups excluding carboxylic acids is 1. The fraction of sp³-hybridized carbons (Fsp3) is 0.611. The molecule has 0 radical (unpaired) electrons. The third-order valence-electron chi connectivity index (χ3n) is 4.72. The van der Waals surface area contributed by atoms with Crippen molar-refractivity contribution >= 4 is 36.4 Å². The first kappa shape index (κ1) is 22.0.